The first kappa shape index (κ1) is 12.6. The predicted molar refractivity (Wildman–Crippen MR) is 73.9 cm³/mol. The number of nitrogen functional groups attached to an aromatic ring is 1. The Bertz CT molecular complexity index is 534. The lowest BCUT2D eigenvalue weighted by Crippen LogP contribution is -2.08. The SMILES string of the molecule is CCOC(=O)c1c(Cc2ccccc2)csc1N. The maximum absolute atomic E-state index is 11.8. The molecule has 4 heteroatoms. The predicted octanol–water partition coefficient (Wildman–Crippen LogP) is 3.10. The number of hydrogen-bond donors (Lipinski definition) is 1. The maximum Gasteiger partial charge on any atom is 0.341 e. The lowest BCUT2D eigenvalue weighted by atomic mass is 10.0. The zero-order valence-electron chi connectivity index (χ0n) is 10.2. The molecule has 0 unspecified atom stereocenters. The number of carbonyl (C=O) groups is 1. The van der Waals surface area contributed by atoms with Gasteiger partial charge in [-0.3, -0.25) is 0 Å². The average Bonchev–Trinajstić information content (AvgIpc) is 2.72. The number of rotatable bonds is 4. The van der Waals surface area contributed by atoms with E-state index in [1.807, 2.05) is 35.7 Å². The minimum Gasteiger partial charge on any atom is -0.462 e. The molecule has 1 aromatic heterocycles. The van der Waals surface area contributed by atoms with Gasteiger partial charge in [0, 0.05) is 0 Å². The molecule has 0 saturated heterocycles. The Morgan fingerprint density at radius 3 is 2.72 bits per heavy atom. The van der Waals surface area contributed by atoms with Crippen molar-refractivity contribution in [3.05, 3.63) is 52.4 Å². The second-order valence-electron chi connectivity index (χ2n) is 3.88. The highest BCUT2D eigenvalue weighted by molar-refractivity contribution is 7.14. The standard InChI is InChI=1S/C14H15NO2S/c1-2-17-14(16)12-11(9-18-13(12)15)8-10-6-4-3-5-7-10/h3-7,9H,2,8,15H2,1H3. The molecule has 0 aliphatic heterocycles. The summed E-state index contributed by atoms with van der Waals surface area (Å²) in [5.74, 6) is -0.331. The quantitative estimate of drug-likeness (QED) is 0.860. The molecule has 1 aromatic carbocycles. The summed E-state index contributed by atoms with van der Waals surface area (Å²) in [6, 6.07) is 9.99. The number of carbonyl (C=O) groups excluding carboxylic acids is 1. The number of esters is 1. The van der Waals surface area contributed by atoms with Crippen molar-refractivity contribution in [2.24, 2.45) is 0 Å². The summed E-state index contributed by atoms with van der Waals surface area (Å²) < 4.78 is 5.03. The van der Waals surface area contributed by atoms with Crippen molar-refractivity contribution in [2.75, 3.05) is 12.3 Å². The summed E-state index contributed by atoms with van der Waals surface area (Å²) in [6.07, 6.45) is 0.697. The van der Waals surface area contributed by atoms with Crippen LogP contribution in [-0.2, 0) is 11.2 Å². The van der Waals surface area contributed by atoms with Crippen molar-refractivity contribution >= 4 is 22.3 Å². The Balaban J connectivity index is 2.26. The molecular formula is C14H15NO2S. The van der Waals surface area contributed by atoms with E-state index in [0.717, 1.165) is 11.1 Å². The van der Waals surface area contributed by atoms with Gasteiger partial charge in [0.1, 0.15) is 5.00 Å². The Labute approximate surface area is 110 Å². The van der Waals surface area contributed by atoms with Crippen LogP contribution in [0.25, 0.3) is 0 Å². The van der Waals surface area contributed by atoms with Gasteiger partial charge in [-0.1, -0.05) is 30.3 Å². The van der Waals surface area contributed by atoms with Gasteiger partial charge in [-0.05, 0) is 29.9 Å². The third-order valence-electron chi connectivity index (χ3n) is 2.61. The summed E-state index contributed by atoms with van der Waals surface area (Å²) in [4.78, 5) is 11.8. The van der Waals surface area contributed by atoms with Crippen LogP contribution in [0, 0.1) is 0 Å². The fraction of sp³-hybridized carbons (Fsp3) is 0.214. The van der Waals surface area contributed by atoms with Crippen LogP contribution in [-0.4, -0.2) is 12.6 Å². The van der Waals surface area contributed by atoms with Gasteiger partial charge in [0.05, 0.1) is 12.2 Å². The van der Waals surface area contributed by atoms with Crippen LogP contribution in [0.5, 0.6) is 0 Å². The second kappa shape index (κ2) is 5.69. The molecule has 94 valence electrons. The first-order valence-electron chi connectivity index (χ1n) is 5.79. The van der Waals surface area contributed by atoms with Gasteiger partial charge in [-0.25, -0.2) is 4.79 Å². The first-order chi connectivity index (χ1) is 8.72. The van der Waals surface area contributed by atoms with Crippen molar-refractivity contribution in [3.63, 3.8) is 0 Å². The minimum absolute atomic E-state index is 0.331. The van der Waals surface area contributed by atoms with E-state index in [4.69, 9.17) is 10.5 Å². The highest BCUT2D eigenvalue weighted by atomic mass is 32.1. The van der Waals surface area contributed by atoms with E-state index < -0.39 is 0 Å². The van der Waals surface area contributed by atoms with Crippen LogP contribution in [0.3, 0.4) is 0 Å². The van der Waals surface area contributed by atoms with E-state index in [-0.39, 0.29) is 5.97 Å². The molecule has 0 aliphatic rings. The van der Waals surface area contributed by atoms with Crippen LogP contribution >= 0.6 is 11.3 Å². The maximum atomic E-state index is 11.8. The largest absolute Gasteiger partial charge is 0.462 e. The zero-order valence-corrected chi connectivity index (χ0v) is 11.0. The van der Waals surface area contributed by atoms with E-state index in [0.29, 0.717) is 23.6 Å². The van der Waals surface area contributed by atoms with E-state index >= 15 is 0 Å². The van der Waals surface area contributed by atoms with Crippen LogP contribution in [0.1, 0.15) is 28.4 Å². The normalized spacial score (nSPS) is 10.3. The molecule has 2 rings (SSSR count). The highest BCUT2D eigenvalue weighted by Crippen LogP contribution is 2.27. The van der Waals surface area contributed by atoms with Crippen molar-refractivity contribution in [2.45, 2.75) is 13.3 Å². The summed E-state index contributed by atoms with van der Waals surface area (Å²) >= 11 is 1.38. The molecule has 0 bridgehead atoms. The molecule has 18 heavy (non-hydrogen) atoms. The smallest absolute Gasteiger partial charge is 0.341 e. The molecule has 1 heterocycles. The van der Waals surface area contributed by atoms with Gasteiger partial charge in [0.15, 0.2) is 0 Å². The Morgan fingerprint density at radius 1 is 1.33 bits per heavy atom. The van der Waals surface area contributed by atoms with Gasteiger partial charge in [0.2, 0.25) is 0 Å². The lowest BCUT2D eigenvalue weighted by Gasteiger charge is -2.05. The number of nitrogens with two attached hydrogens (primary N) is 1. The molecule has 0 fully saturated rings. The number of hydrogen-bond acceptors (Lipinski definition) is 4. The molecule has 2 aromatic rings. The molecule has 0 saturated carbocycles. The van der Waals surface area contributed by atoms with Gasteiger partial charge in [-0.15, -0.1) is 11.3 Å². The molecular weight excluding hydrogens is 246 g/mol. The number of anilines is 1. The van der Waals surface area contributed by atoms with Crippen LogP contribution in [0.15, 0.2) is 35.7 Å². The monoisotopic (exact) mass is 261 g/mol. The van der Waals surface area contributed by atoms with Gasteiger partial charge in [-0.2, -0.15) is 0 Å². The molecule has 2 N–H and O–H groups in total. The Morgan fingerprint density at radius 2 is 2.06 bits per heavy atom. The van der Waals surface area contributed by atoms with Crippen molar-refractivity contribution in [1.29, 1.82) is 0 Å². The van der Waals surface area contributed by atoms with Gasteiger partial charge < -0.3 is 10.5 Å². The Kier molecular flexibility index (Phi) is 3.99. The minimum atomic E-state index is -0.331. The summed E-state index contributed by atoms with van der Waals surface area (Å²) in [5.41, 5.74) is 8.45. The molecule has 0 amide bonds. The highest BCUT2D eigenvalue weighted by Gasteiger charge is 2.18. The number of benzene rings is 1. The Hall–Kier alpha value is -1.81. The molecule has 3 nitrogen and oxygen atoms in total. The van der Waals surface area contributed by atoms with Crippen LogP contribution < -0.4 is 5.73 Å². The number of thiophene rings is 1. The van der Waals surface area contributed by atoms with Crippen LogP contribution in [0.4, 0.5) is 5.00 Å². The van der Waals surface area contributed by atoms with Crippen molar-refractivity contribution in [3.8, 4) is 0 Å². The third kappa shape index (κ3) is 2.71. The van der Waals surface area contributed by atoms with E-state index in [1.54, 1.807) is 6.92 Å². The third-order valence-corrected chi connectivity index (χ3v) is 3.47. The average molecular weight is 261 g/mol. The van der Waals surface area contributed by atoms with E-state index in [2.05, 4.69) is 0 Å². The van der Waals surface area contributed by atoms with E-state index in [1.165, 1.54) is 11.3 Å². The van der Waals surface area contributed by atoms with E-state index in [9.17, 15) is 4.79 Å². The second-order valence-corrected chi connectivity index (χ2v) is 4.79. The molecule has 0 aliphatic carbocycles. The summed E-state index contributed by atoms with van der Waals surface area (Å²) in [7, 11) is 0. The fourth-order valence-electron chi connectivity index (χ4n) is 1.79. The molecule has 0 spiro atoms. The lowest BCUT2D eigenvalue weighted by molar-refractivity contribution is 0.0527. The van der Waals surface area contributed by atoms with Crippen molar-refractivity contribution in [1.82, 2.24) is 0 Å². The number of ether oxygens (including phenoxy) is 1. The summed E-state index contributed by atoms with van der Waals surface area (Å²) in [6.45, 7) is 2.15. The van der Waals surface area contributed by atoms with Gasteiger partial charge in [0.25, 0.3) is 0 Å². The van der Waals surface area contributed by atoms with Crippen molar-refractivity contribution < 1.29 is 9.53 Å². The summed E-state index contributed by atoms with van der Waals surface area (Å²) in [5, 5.41) is 2.45. The topological polar surface area (TPSA) is 52.3 Å². The van der Waals surface area contributed by atoms with Crippen LogP contribution in [0.2, 0.25) is 0 Å². The first-order valence-corrected chi connectivity index (χ1v) is 6.67. The molecule has 0 radical (unpaired) electrons. The zero-order chi connectivity index (χ0) is 13.0. The molecule has 0 atom stereocenters. The van der Waals surface area contributed by atoms with Gasteiger partial charge >= 0.3 is 5.97 Å². The fourth-order valence-corrected chi connectivity index (χ4v) is 2.59.